The van der Waals surface area contributed by atoms with Crippen LogP contribution in [-0.4, -0.2) is 30.5 Å². The van der Waals surface area contributed by atoms with E-state index in [4.69, 9.17) is 4.74 Å². The molecule has 3 rings (SSSR count). The second-order valence-corrected chi connectivity index (χ2v) is 7.40. The number of piperazine rings is 1. The number of carbonyl (C=O) groups is 2. The molecule has 0 spiro atoms. The highest BCUT2D eigenvalue weighted by atomic mass is 19.1. The van der Waals surface area contributed by atoms with Crippen molar-refractivity contribution < 1.29 is 18.7 Å². The first-order chi connectivity index (χ1) is 13.8. The summed E-state index contributed by atoms with van der Waals surface area (Å²) in [4.78, 5) is 25.8. The van der Waals surface area contributed by atoms with Crippen LogP contribution >= 0.6 is 0 Å². The molecule has 0 aromatic heterocycles. The van der Waals surface area contributed by atoms with Gasteiger partial charge in [-0.25, -0.2) is 4.39 Å². The smallest absolute Gasteiger partial charge is 0.246 e. The molecule has 29 heavy (non-hydrogen) atoms. The Bertz CT molecular complexity index is 984. The summed E-state index contributed by atoms with van der Waals surface area (Å²) in [6.45, 7) is 3.40. The Morgan fingerprint density at radius 3 is 2.55 bits per heavy atom. The van der Waals surface area contributed by atoms with Crippen LogP contribution in [0.1, 0.15) is 36.5 Å². The summed E-state index contributed by atoms with van der Waals surface area (Å²) in [6.07, 6.45) is 0.226. The molecule has 0 saturated carbocycles. The fourth-order valence-corrected chi connectivity index (χ4v) is 3.72. The standard InChI is InChI=1S/C22H22FN3O3/c1-13(18-15(12-24)5-4-6-17(18)29-3)19-20(27)26-22(2,21(28)25-19)11-14-7-9-16(23)10-8-14/h4-10,13,19H,11H2,1-3H3,(H,25,28)(H,26,27). The Balaban J connectivity index is 1.85. The molecule has 6 nitrogen and oxygen atoms in total. The van der Waals surface area contributed by atoms with E-state index in [0.29, 0.717) is 16.9 Å². The third-order valence-electron chi connectivity index (χ3n) is 5.30. The highest BCUT2D eigenvalue weighted by Gasteiger charge is 2.45. The monoisotopic (exact) mass is 395 g/mol. The first kappa shape index (κ1) is 20.3. The van der Waals surface area contributed by atoms with Crippen molar-refractivity contribution >= 4 is 11.8 Å². The molecule has 1 aliphatic heterocycles. The number of carbonyl (C=O) groups excluding carboxylic acids is 2. The van der Waals surface area contributed by atoms with Crippen molar-refractivity contribution in [3.63, 3.8) is 0 Å². The van der Waals surface area contributed by atoms with Crippen molar-refractivity contribution in [1.29, 1.82) is 5.26 Å². The van der Waals surface area contributed by atoms with Crippen molar-refractivity contribution in [3.05, 3.63) is 65.0 Å². The van der Waals surface area contributed by atoms with Gasteiger partial charge in [-0.3, -0.25) is 9.59 Å². The van der Waals surface area contributed by atoms with E-state index in [9.17, 15) is 19.2 Å². The van der Waals surface area contributed by atoms with Gasteiger partial charge >= 0.3 is 0 Å². The molecule has 1 fully saturated rings. The van der Waals surface area contributed by atoms with Crippen LogP contribution in [0.2, 0.25) is 0 Å². The maximum atomic E-state index is 13.1. The number of rotatable bonds is 5. The molecule has 2 aromatic rings. The molecule has 2 aromatic carbocycles. The first-order valence-electron chi connectivity index (χ1n) is 9.23. The van der Waals surface area contributed by atoms with Crippen molar-refractivity contribution in [2.45, 2.75) is 37.8 Å². The minimum absolute atomic E-state index is 0.226. The van der Waals surface area contributed by atoms with E-state index in [-0.39, 0.29) is 24.1 Å². The molecule has 0 bridgehead atoms. The van der Waals surface area contributed by atoms with E-state index in [1.807, 2.05) is 0 Å². The SMILES string of the molecule is COc1cccc(C#N)c1C(C)C1NC(=O)C(C)(Cc2ccc(F)cc2)NC1=O. The Labute approximate surface area is 168 Å². The predicted octanol–water partition coefficient (Wildman–Crippen LogP) is 2.43. The lowest BCUT2D eigenvalue weighted by Crippen LogP contribution is -2.69. The largest absolute Gasteiger partial charge is 0.496 e. The highest BCUT2D eigenvalue weighted by Crippen LogP contribution is 2.33. The van der Waals surface area contributed by atoms with E-state index < -0.39 is 17.5 Å². The van der Waals surface area contributed by atoms with Crippen LogP contribution in [0.15, 0.2) is 42.5 Å². The highest BCUT2D eigenvalue weighted by molar-refractivity contribution is 6.00. The molecular formula is C22H22FN3O3. The van der Waals surface area contributed by atoms with E-state index in [0.717, 1.165) is 5.56 Å². The average molecular weight is 395 g/mol. The molecule has 1 heterocycles. The predicted molar refractivity (Wildman–Crippen MR) is 105 cm³/mol. The normalized spacial score (nSPS) is 22.2. The molecule has 0 radical (unpaired) electrons. The Hall–Kier alpha value is -3.40. The van der Waals surface area contributed by atoms with Gasteiger partial charge in [0.1, 0.15) is 23.1 Å². The minimum Gasteiger partial charge on any atom is -0.496 e. The number of benzene rings is 2. The lowest BCUT2D eigenvalue weighted by Gasteiger charge is -2.39. The van der Waals surface area contributed by atoms with Crippen molar-refractivity contribution in [2.75, 3.05) is 7.11 Å². The van der Waals surface area contributed by atoms with Gasteiger partial charge in [-0.05, 0) is 36.8 Å². The lowest BCUT2D eigenvalue weighted by molar-refractivity contribution is -0.141. The van der Waals surface area contributed by atoms with Crippen LogP contribution in [0.4, 0.5) is 4.39 Å². The molecule has 7 heteroatoms. The first-order valence-corrected chi connectivity index (χ1v) is 9.23. The maximum Gasteiger partial charge on any atom is 0.246 e. The van der Waals surface area contributed by atoms with Crippen LogP contribution in [0.25, 0.3) is 0 Å². The van der Waals surface area contributed by atoms with Crippen LogP contribution < -0.4 is 15.4 Å². The van der Waals surface area contributed by atoms with Crippen LogP contribution in [0.3, 0.4) is 0 Å². The number of hydrogen-bond donors (Lipinski definition) is 2. The second kappa shape index (κ2) is 7.92. The van der Waals surface area contributed by atoms with Gasteiger partial charge in [-0.15, -0.1) is 0 Å². The molecular weight excluding hydrogens is 373 g/mol. The average Bonchev–Trinajstić information content (AvgIpc) is 2.71. The van der Waals surface area contributed by atoms with Gasteiger partial charge in [0, 0.05) is 17.9 Å². The van der Waals surface area contributed by atoms with Crippen LogP contribution in [0, 0.1) is 17.1 Å². The molecule has 1 aliphatic rings. The van der Waals surface area contributed by atoms with Crippen LogP contribution in [-0.2, 0) is 16.0 Å². The van der Waals surface area contributed by atoms with Gasteiger partial charge < -0.3 is 15.4 Å². The second-order valence-electron chi connectivity index (χ2n) is 7.40. The number of ether oxygens (including phenoxy) is 1. The molecule has 2 N–H and O–H groups in total. The van der Waals surface area contributed by atoms with Crippen LogP contribution in [0.5, 0.6) is 5.75 Å². The Morgan fingerprint density at radius 2 is 1.93 bits per heavy atom. The maximum absolute atomic E-state index is 13.1. The molecule has 150 valence electrons. The van der Waals surface area contributed by atoms with Crippen molar-refractivity contribution in [1.82, 2.24) is 10.6 Å². The summed E-state index contributed by atoms with van der Waals surface area (Å²) in [5.74, 6) is -1.06. The number of nitrogens with one attached hydrogen (secondary N) is 2. The quantitative estimate of drug-likeness (QED) is 0.813. The van der Waals surface area contributed by atoms with Crippen molar-refractivity contribution in [3.8, 4) is 11.8 Å². The summed E-state index contributed by atoms with van der Waals surface area (Å²) in [6, 6.07) is 12.1. The van der Waals surface area contributed by atoms with Gasteiger partial charge in [0.2, 0.25) is 11.8 Å². The number of halogens is 1. The summed E-state index contributed by atoms with van der Waals surface area (Å²) >= 11 is 0. The zero-order valence-corrected chi connectivity index (χ0v) is 16.5. The summed E-state index contributed by atoms with van der Waals surface area (Å²) in [5.41, 5.74) is 0.523. The van der Waals surface area contributed by atoms with E-state index in [1.54, 1.807) is 44.2 Å². The molecule has 2 amide bonds. The van der Waals surface area contributed by atoms with Gasteiger partial charge in [0.05, 0.1) is 18.7 Å². The molecule has 3 atom stereocenters. The summed E-state index contributed by atoms with van der Waals surface area (Å²) in [5, 5.41) is 15.1. The summed E-state index contributed by atoms with van der Waals surface area (Å²) < 4.78 is 18.5. The molecule has 0 aliphatic carbocycles. The fraction of sp³-hybridized carbons (Fsp3) is 0.318. The minimum atomic E-state index is -1.16. The van der Waals surface area contributed by atoms with Gasteiger partial charge in [0.15, 0.2) is 0 Å². The third kappa shape index (κ3) is 3.92. The molecule has 3 unspecified atom stereocenters. The van der Waals surface area contributed by atoms with Crippen molar-refractivity contribution in [2.24, 2.45) is 0 Å². The zero-order valence-electron chi connectivity index (χ0n) is 16.5. The topological polar surface area (TPSA) is 91.2 Å². The third-order valence-corrected chi connectivity index (χ3v) is 5.30. The molecule has 1 saturated heterocycles. The summed E-state index contributed by atoms with van der Waals surface area (Å²) in [7, 11) is 1.49. The fourth-order valence-electron chi connectivity index (χ4n) is 3.72. The van der Waals surface area contributed by atoms with Gasteiger partial charge in [-0.1, -0.05) is 25.1 Å². The number of amides is 2. The van der Waals surface area contributed by atoms with E-state index >= 15 is 0 Å². The lowest BCUT2D eigenvalue weighted by atomic mass is 9.83. The number of methoxy groups -OCH3 is 1. The Kier molecular flexibility index (Phi) is 5.55. The van der Waals surface area contributed by atoms with E-state index in [2.05, 4.69) is 16.7 Å². The zero-order chi connectivity index (χ0) is 21.2. The number of nitrogens with zero attached hydrogens (tertiary/aromatic N) is 1. The van der Waals surface area contributed by atoms with Gasteiger partial charge in [0.25, 0.3) is 0 Å². The van der Waals surface area contributed by atoms with E-state index in [1.165, 1.54) is 19.2 Å². The van der Waals surface area contributed by atoms with Gasteiger partial charge in [-0.2, -0.15) is 5.26 Å². The Morgan fingerprint density at radius 1 is 1.24 bits per heavy atom. The number of hydrogen-bond acceptors (Lipinski definition) is 4. The number of nitriles is 1.